The summed E-state index contributed by atoms with van der Waals surface area (Å²) >= 11 is 0. The average Bonchev–Trinajstić information content (AvgIpc) is 2.73. The molecule has 2 aromatic heterocycles. The summed E-state index contributed by atoms with van der Waals surface area (Å²) in [5, 5.41) is 8.83. The van der Waals surface area contributed by atoms with Crippen molar-refractivity contribution < 1.29 is 0 Å². The number of aryl methyl sites for hydroxylation is 2. The van der Waals surface area contributed by atoms with Crippen LogP contribution in [0.15, 0.2) is 30.5 Å². The molecular weight excluding hydrogens is 238 g/mol. The molecule has 0 fully saturated rings. The zero-order chi connectivity index (χ0) is 13.4. The monoisotopic (exact) mass is 249 g/mol. The van der Waals surface area contributed by atoms with Crippen LogP contribution in [0.3, 0.4) is 0 Å². The molecule has 3 rings (SSSR count). The van der Waals surface area contributed by atoms with Crippen LogP contribution < -0.4 is 0 Å². The zero-order valence-electron chi connectivity index (χ0n) is 10.6. The Balaban J connectivity index is 2.18. The van der Waals surface area contributed by atoms with Gasteiger partial charge in [0.25, 0.3) is 0 Å². The number of aromatic nitrogens is 4. The molecule has 0 saturated heterocycles. The van der Waals surface area contributed by atoms with E-state index in [1.807, 2.05) is 42.8 Å². The number of benzene rings is 1. The molecule has 0 aliphatic heterocycles. The fraction of sp³-hybridized carbons (Fsp3) is 0.143. The maximum absolute atomic E-state index is 8.83. The first-order valence-corrected chi connectivity index (χ1v) is 5.85. The van der Waals surface area contributed by atoms with Crippen LogP contribution >= 0.6 is 0 Å². The van der Waals surface area contributed by atoms with Gasteiger partial charge in [0, 0.05) is 18.8 Å². The molecule has 0 aliphatic carbocycles. The van der Waals surface area contributed by atoms with Gasteiger partial charge in [-0.2, -0.15) is 5.26 Å². The van der Waals surface area contributed by atoms with Gasteiger partial charge in [0.2, 0.25) is 5.82 Å². The van der Waals surface area contributed by atoms with Crippen molar-refractivity contribution in [1.29, 1.82) is 5.26 Å². The summed E-state index contributed by atoms with van der Waals surface area (Å²) in [4.78, 5) is 12.6. The van der Waals surface area contributed by atoms with Crippen LogP contribution in [0.2, 0.25) is 0 Å². The predicted octanol–water partition coefficient (Wildman–Crippen LogP) is 2.21. The molecule has 3 aromatic rings. The maximum Gasteiger partial charge on any atom is 0.232 e. The molecule has 0 aliphatic rings. The fourth-order valence-corrected chi connectivity index (χ4v) is 2.05. The van der Waals surface area contributed by atoms with E-state index >= 15 is 0 Å². The van der Waals surface area contributed by atoms with Crippen molar-refractivity contribution in [2.24, 2.45) is 7.05 Å². The molecule has 0 unspecified atom stereocenters. The minimum Gasteiger partial charge on any atom is -0.331 e. The Morgan fingerprint density at radius 2 is 2.05 bits per heavy atom. The van der Waals surface area contributed by atoms with Crippen LogP contribution in [-0.2, 0) is 7.05 Å². The van der Waals surface area contributed by atoms with Gasteiger partial charge < -0.3 is 4.57 Å². The Bertz CT molecular complexity index is 810. The first-order chi connectivity index (χ1) is 9.19. The van der Waals surface area contributed by atoms with Crippen molar-refractivity contribution in [1.82, 2.24) is 19.5 Å². The summed E-state index contributed by atoms with van der Waals surface area (Å²) in [6.45, 7) is 1.97. The highest BCUT2D eigenvalue weighted by molar-refractivity contribution is 5.81. The number of imidazole rings is 1. The van der Waals surface area contributed by atoms with E-state index < -0.39 is 0 Å². The van der Waals surface area contributed by atoms with E-state index in [9.17, 15) is 0 Å². The van der Waals surface area contributed by atoms with Crippen LogP contribution in [0.4, 0.5) is 0 Å². The molecule has 5 heteroatoms. The Morgan fingerprint density at radius 3 is 2.84 bits per heavy atom. The van der Waals surface area contributed by atoms with Crippen LogP contribution in [0, 0.1) is 18.3 Å². The number of nitrogens with zero attached hydrogens (tertiary/aromatic N) is 5. The quantitative estimate of drug-likeness (QED) is 0.663. The lowest BCUT2D eigenvalue weighted by Crippen LogP contribution is -1.91. The molecule has 0 N–H and O–H groups in total. The molecule has 5 nitrogen and oxygen atoms in total. The van der Waals surface area contributed by atoms with Gasteiger partial charge in [-0.3, -0.25) is 0 Å². The number of hydrogen-bond acceptors (Lipinski definition) is 4. The molecular formula is C14H11N5. The lowest BCUT2D eigenvalue weighted by molar-refractivity contribution is 0.886. The molecule has 0 spiro atoms. The molecule has 0 radical (unpaired) electrons. The predicted molar refractivity (Wildman–Crippen MR) is 71.2 cm³/mol. The molecule has 0 atom stereocenters. The first-order valence-electron chi connectivity index (χ1n) is 5.85. The highest BCUT2D eigenvalue weighted by atomic mass is 15.0. The van der Waals surface area contributed by atoms with Crippen molar-refractivity contribution in [3.8, 4) is 17.3 Å². The Hall–Kier alpha value is -2.74. The molecule has 0 bridgehead atoms. The van der Waals surface area contributed by atoms with Crippen LogP contribution in [0.1, 0.15) is 11.6 Å². The van der Waals surface area contributed by atoms with Gasteiger partial charge in [0.1, 0.15) is 11.9 Å². The van der Waals surface area contributed by atoms with Crippen LogP contribution in [-0.4, -0.2) is 19.5 Å². The van der Waals surface area contributed by atoms with Crippen molar-refractivity contribution in [2.75, 3.05) is 0 Å². The van der Waals surface area contributed by atoms with E-state index in [-0.39, 0.29) is 5.82 Å². The van der Waals surface area contributed by atoms with E-state index in [0.29, 0.717) is 0 Å². The van der Waals surface area contributed by atoms with E-state index in [1.165, 1.54) is 0 Å². The topological polar surface area (TPSA) is 67.4 Å². The van der Waals surface area contributed by atoms with Crippen LogP contribution in [0.25, 0.3) is 22.3 Å². The number of hydrogen-bond donors (Lipinski definition) is 0. The molecule has 0 saturated carbocycles. The van der Waals surface area contributed by atoms with E-state index in [1.54, 1.807) is 12.3 Å². The van der Waals surface area contributed by atoms with E-state index in [0.717, 1.165) is 28.1 Å². The average molecular weight is 249 g/mol. The summed E-state index contributed by atoms with van der Waals surface area (Å²) in [7, 11) is 1.99. The van der Waals surface area contributed by atoms with Crippen LogP contribution in [0.5, 0.6) is 0 Å². The normalized spacial score (nSPS) is 10.6. The van der Waals surface area contributed by atoms with Crippen molar-refractivity contribution >= 4 is 11.0 Å². The molecule has 19 heavy (non-hydrogen) atoms. The molecule has 1 aromatic carbocycles. The lowest BCUT2D eigenvalue weighted by Gasteiger charge is -2.01. The highest BCUT2D eigenvalue weighted by Gasteiger charge is 2.07. The summed E-state index contributed by atoms with van der Waals surface area (Å²) in [5.41, 5.74) is 3.67. The standard InChI is InChI=1S/C14H11N5/c1-9-17-12-7-10(3-4-13(12)19(9)2)11-5-6-16-14(8-15)18-11/h3-7H,1-2H3. The summed E-state index contributed by atoms with van der Waals surface area (Å²) in [6, 6.07) is 9.70. The third kappa shape index (κ3) is 1.83. The van der Waals surface area contributed by atoms with Gasteiger partial charge >= 0.3 is 0 Å². The summed E-state index contributed by atoms with van der Waals surface area (Å²) in [6.07, 6.45) is 1.59. The third-order valence-corrected chi connectivity index (χ3v) is 3.16. The van der Waals surface area contributed by atoms with E-state index in [2.05, 4.69) is 15.0 Å². The number of rotatable bonds is 1. The van der Waals surface area contributed by atoms with Gasteiger partial charge in [-0.05, 0) is 25.1 Å². The molecule has 92 valence electrons. The molecule has 2 heterocycles. The highest BCUT2D eigenvalue weighted by Crippen LogP contribution is 2.22. The number of fused-ring (bicyclic) bond motifs is 1. The smallest absolute Gasteiger partial charge is 0.232 e. The van der Waals surface area contributed by atoms with Crippen molar-refractivity contribution in [3.05, 3.63) is 42.1 Å². The second-order valence-electron chi connectivity index (χ2n) is 4.30. The van der Waals surface area contributed by atoms with Gasteiger partial charge in [-0.25, -0.2) is 15.0 Å². The Kier molecular flexibility index (Phi) is 2.50. The first kappa shape index (κ1) is 11.4. The molecule has 0 amide bonds. The minimum absolute atomic E-state index is 0.176. The van der Waals surface area contributed by atoms with Gasteiger partial charge in [0.05, 0.1) is 16.7 Å². The second-order valence-corrected chi connectivity index (χ2v) is 4.30. The summed E-state index contributed by atoms with van der Waals surface area (Å²) < 4.78 is 2.04. The maximum atomic E-state index is 8.83. The van der Waals surface area contributed by atoms with Gasteiger partial charge in [-0.1, -0.05) is 6.07 Å². The third-order valence-electron chi connectivity index (χ3n) is 3.16. The lowest BCUT2D eigenvalue weighted by atomic mass is 10.1. The Labute approximate surface area is 110 Å². The van der Waals surface area contributed by atoms with Gasteiger partial charge in [0.15, 0.2) is 0 Å². The summed E-state index contributed by atoms with van der Waals surface area (Å²) in [5.74, 6) is 1.14. The SMILES string of the molecule is Cc1nc2cc(-c3ccnc(C#N)n3)ccc2n1C. The van der Waals surface area contributed by atoms with E-state index in [4.69, 9.17) is 5.26 Å². The van der Waals surface area contributed by atoms with Gasteiger partial charge in [-0.15, -0.1) is 0 Å². The number of nitriles is 1. The zero-order valence-corrected chi connectivity index (χ0v) is 10.6. The van der Waals surface area contributed by atoms with Crippen molar-refractivity contribution in [3.63, 3.8) is 0 Å². The Morgan fingerprint density at radius 1 is 1.21 bits per heavy atom. The minimum atomic E-state index is 0.176. The van der Waals surface area contributed by atoms with Crippen molar-refractivity contribution in [2.45, 2.75) is 6.92 Å². The second kappa shape index (κ2) is 4.18. The fourth-order valence-electron chi connectivity index (χ4n) is 2.05. The largest absolute Gasteiger partial charge is 0.331 e.